The number of rotatable bonds is 6. The van der Waals surface area contributed by atoms with Gasteiger partial charge in [-0.15, -0.1) is 0 Å². The normalized spacial score (nSPS) is 12.6. The summed E-state index contributed by atoms with van der Waals surface area (Å²) in [7, 11) is 4.10. The molecule has 0 bridgehead atoms. The lowest BCUT2D eigenvalue weighted by Crippen LogP contribution is -2.42. The Morgan fingerprint density at radius 2 is 1.80 bits per heavy atom. The molecule has 112 valence electrons. The second-order valence-electron chi connectivity index (χ2n) is 5.95. The van der Waals surface area contributed by atoms with Crippen LogP contribution < -0.4 is 10.6 Å². The highest BCUT2D eigenvalue weighted by molar-refractivity contribution is 5.89. The van der Waals surface area contributed by atoms with Gasteiger partial charge in [0, 0.05) is 18.3 Å². The van der Waals surface area contributed by atoms with Gasteiger partial charge in [-0.05, 0) is 45.5 Å². The molecule has 0 radical (unpaired) electrons. The molecule has 2 amide bonds. The summed E-state index contributed by atoms with van der Waals surface area (Å²) in [5, 5.41) is 5.79. The zero-order valence-corrected chi connectivity index (χ0v) is 13.2. The Morgan fingerprint density at radius 1 is 1.20 bits per heavy atom. The number of hydrogen-bond acceptors (Lipinski definition) is 2. The highest BCUT2D eigenvalue weighted by Gasteiger charge is 2.14. The summed E-state index contributed by atoms with van der Waals surface area (Å²) >= 11 is 0. The van der Waals surface area contributed by atoms with Crippen LogP contribution in [0.3, 0.4) is 0 Å². The summed E-state index contributed by atoms with van der Waals surface area (Å²) in [6.45, 7) is 7.08. The smallest absolute Gasteiger partial charge is 0.319 e. The zero-order chi connectivity index (χ0) is 15.1. The minimum Gasteiger partial charge on any atom is -0.336 e. The number of urea groups is 1. The van der Waals surface area contributed by atoms with E-state index in [-0.39, 0.29) is 6.03 Å². The Bertz CT molecular complexity index is 412. The first-order chi connectivity index (χ1) is 9.38. The number of likely N-dealkylation sites (N-methyl/N-ethyl adjacent to an activating group) is 1. The minimum atomic E-state index is -0.149. The van der Waals surface area contributed by atoms with Crippen LogP contribution in [0.25, 0.3) is 0 Å². The van der Waals surface area contributed by atoms with Crippen molar-refractivity contribution in [2.45, 2.75) is 33.2 Å². The van der Waals surface area contributed by atoms with E-state index in [1.165, 1.54) is 5.56 Å². The van der Waals surface area contributed by atoms with Gasteiger partial charge < -0.3 is 15.5 Å². The van der Waals surface area contributed by atoms with Crippen LogP contribution in [0.1, 0.15) is 25.8 Å². The molecule has 20 heavy (non-hydrogen) atoms. The molecule has 0 saturated carbocycles. The lowest BCUT2D eigenvalue weighted by Gasteiger charge is -2.26. The largest absolute Gasteiger partial charge is 0.336 e. The Hall–Kier alpha value is -1.55. The zero-order valence-electron chi connectivity index (χ0n) is 13.2. The molecule has 0 saturated heterocycles. The third-order valence-corrected chi connectivity index (χ3v) is 3.28. The number of nitrogens with one attached hydrogen (secondary N) is 2. The molecule has 0 aliphatic heterocycles. The maximum Gasteiger partial charge on any atom is 0.319 e. The first-order valence-corrected chi connectivity index (χ1v) is 7.16. The number of carbonyl (C=O) groups excluding carboxylic acids is 1. The monoisotopic (exact) mass is 277 g/mol. The molecule has 4 nitrogen and oxygen atoms in total. The van der Waals surface area contributed by atoms with Gasteiger partial charge in [0.25, 0.3) is 0 Å². The lowest BCUT2D eigenvalue weighted by atomic mass is 10.0. The molecule has 0 heterocycles. The van der Waals surface area contributed by atoms with Gasteiger partial charge in [-0.2, -0.15) is 0 Å². The molecule has 1 atom stereocenters. The molecule has 1 aromatic carbocycles. The maximum absolute atomic E-state index is 11.9. The number of anilines is 1. The number of amides is 2. The Morgan fingerprint density at radius 3 is 2.30 bits per heavy atom. The topological polar surface area (TPSA) is 44.4 Å². The summed E-state index contributed by atoms with van der Waals surface area (Å²) in [6, 6.07) is 8.00. The highest BCUT2D eigenvalue weighted by atomic mass is 16.2. The van der Waals surface area contributed by atoms with Crippen LogP contribution in [0.15, 0.2) is 24.3 Å². The highest BCUT2D eigenvalue weighted by Crippen LogP contribution is 2.09. The van der Waals surface area contributed by atoms with E-state index in [0.717, 1.165) is 12.1 Å². The fourth-order valence-corrected chi connectivity index (χ4v) is 2.04. The molecule has 0 aromatic heterocycles. The fourth-order valence-electron chi connectivity index (χ4n) is 2.04. The Labute approximate surface area is 122 Å². The quantitative estimate of drug-likeness (QED) is 0.839. The van der Waals surface area contributed by atoms with E-state index in [0.29, 0.717) is 18.5 Å². The van der Waals surface area contributed by atoms with Crippen molar-refractivity contribution in [1.29, 1.82) is 0 Å². The molecule has 0 aliphatic carbocycles. The van der Waals surface area contributed by atoms with Crippen molar-refractivity contribution < 1.29 is 4.79 Å². The van der Waals surface area contributed by atoms with Crippen LogP contribution >= 0.6 is 0 Å². The van der Waals surface area contributed by atoms with Crippen molar-refractivity contribution in [3.05, 3.63) is 29.8 Å². The van der Waals surface area contributed by atoms with Crippen LogP contribution in [0.2, 0.25) is 0 Å². The summed E-state index contributed by atoms with van der Waals surface area (Å²) in [5.74, 6) is 0.615. The maximum atomic E-state index is 11.9. The van der Waals surface area contributed by atoms with Gasteiger partial charge in [0.2, 0.25) is 0 Å². The molecule has 2 N–H and O–H groups in total. The van der Waals surface area contributed by atoms with Crippen LogP contribution in [0.4, 0.5) is 10.5 Å². The number of nitrogens with zero attached hydrogens (tertiary/aromatic N) is 1. The van der Waals surface area contributed by atoms with Gasteiger partial charge in [0.05, 0.1) is 0 Å². The first-order valence-electron chi connectivity index (χ1n) is 7.16. The number of hydrogen-bond donors (Lipinski definition) is 2. The van der Waals surface area contributed by atoms with E-state index in [9.17, 15) is 4.79 Å². The molecule has 0 spiro atoms. The second-order valence-corrected chi connectivity index (χ2v) is 5.95. The number of aryl methyl sites for hydroxylation is 1. The summed E-state index contributed by atoms with van der Waals surface area (Å²) in [4.78, 5) is 14.0. The average molecular weight is 277 g/mol. The van der Waals surface area contributed by atoms with E-state index in [1.807, 2.05) is 45.3 Å². The summed E-state index contributed by atoms with van der Waals surface area (Å²) < 4.78 is 0. The first kappa shape index (κ1) is 16.5. The summed E-state index contributed by atoms with van der Waals surface area (Å²) in [6.07, 6.45) is 1.07. The molecule has 0 fully saturated rings. The van der Waals surface area contributed by atoms with Crippen molar-refractivity contribution >= 4 is 11.7 Å². The minimum absolute atomic E-state index is 0.149. The third-order valence-electron chi connectivity index (χ3n) is 3.28. The van der Waals surface area contributed by atoms with E-state index in [2.05, 4.69) is 29.4 Å². The second kappa shape index (κ2) is 7.90. The molecule has 1 aromatic rings. The summed E-state index contributed by atoms with van der Waals surface area (Å²) in [5.41, 5.74) is 2.00. The van der Waals surface area contributed by atoms with Crippen LogP contribution in [-0.2, 0) is 0 Å². The Kier molecular flexibility index (Phi) is 6.52. The average Bonchev–Trinajstić information content (AvgIpc) is 2.36. The third kappa shape index (κ3) is 6.06. The fraction of sp³-hybridized carbons (Fsp3) is 0.562. The number of benzene rings is 1. The van der Waals surface area contributed by atoms with Crippen molar-refractivity contribution in [2.75, 3.05) is 26.0 Å². The van der Waals surface area contributed by atoms with Gasteiger partial charge in [0.1, 0.15) is 0 Å². The van der Waals surface area contributed by atoms with Crippen molar-refractivity contribution in [1.82, 2.24) is 10.2 Å². The van der Waals surface area contributed by atoms with Crippen molar-refractivity contribution in [2.24, 2.45) is 5.92 Å². The van der Waals surface area contributed by atoms with Crippen LogP contribution in [0.5, 0.6) is 0 Å². The molecule has 0 aliphatic rings. The lowest BCUT2D eigenvalue weighted by molar-refractivity contribution is 0.231. The van der Waals surface area contributed by atoms with E-state index in [1.54, 1.807) is 0 Å². The van der Waals surface area contributed by atoms with Crippen molar-refractivity contribution in [3.63, 3.8) is 0 Å². The predicted molar refractivity (Wildman–Crippen MR) is 85.1 cm³/mol. The van der Waals surface area contributed by atoms with Gasteiger partial charge in [0.15, 0.2) is 0 Å². The molecule has 1 rings (SSSR count). The molecule has 4 heteroatoms. The van der Waals surface area contributed by atoms with E-state index < -0.39 is 0 Å². The van der Waals surface area contributed by atoms with Gasteiger partial charge in [-0.1, -0.05) is 31.5 Å². The van der Waals surface area contributed by atoms with E-state index in [4.69, 9.17) is 0 Å². The molecule has 0 unspecified atom stereocenters. The van der Waals surface area contributed by atoms with Crippen LogP contribution in [0, 0.1) is 12.8 Å². The Balaban J connectivity index is 2.43. The van der Waals surface area contributed by atoms with E-state index >= 15 is 0 Å². The van der Waals surface area contributed by atoms with Crippen LogP contribution in [-0.4, -0.2) is 37.6 Å². The molecular formula is C16H27N3O. The molecular weight excluding hydrogens is 250 g/mol. The predicted octanol–water partition coefficient (Wildman–Crippen LogP) is 3.09. The van der Waals surface area contributed by atoms with Gasteiger partial charge >= 0.3 is 6.03 Å². The van der Waals surface area contributed by atoms with Crippen molar-refractivity contribution in [3.8, 4) is 0 Å². The standard InChI is InChI=1S/C16H27N3O/c1-12(2)10-15(19(4)5)11-17-16(20)18-14-8-6-13(3)7-9-14/h6-9,12,15H,10-11H2,1-5H3,(H2,17,18,20)/t15-/m0/s1. The SMILES string of the molecule is Cc1ccc(NC(=O)NC[C@H](CC(C)C)N(C)C)cc1. The number of carbonyl (C=O) groups is 1. The van der Waals surface area contributed by atoms with Gasteiger partial charge in [-0.3, -0.25) is 0 Å². The van der Waals surface area contributed by atoms with Gasteiger partial charge in [-0.25, -0.2) is 4.79 Å².